The Bertz CT molecular complexity index is 699. The van der Waals surface area contributed by atoms with Crippen molar-refractivity contribution in [2.24, 2.45) is 0 Å². The SMILES string of the molecule is C=Cn1cc(CNc2cccnc2-n2cncn2)cn1. The van der Waals surface area contributed by atoms with E-state index in [2.05, 4.69) is 32.1 Å². The predicted octanol–water partition coefficient (Wildman–Crippen LogP) is 1.57. The normalized spacial score (nSPS) is 10.4. The molecule has 0 fully saturated rings. The van der Waals surface area contributed by atoms with E-state index < -0.39 is 0 Å². The minimum absolute atomic E-state index is 0.640. The average Bonchev–Trinajstić information content (AvgIpc) is 3.17. The van der Waals surface area contributed by atoms with Gasteiger partial charge in [-0.2, -0.15) is 10.2 Å². The maximum atomic E-state index is 4.32. The molecule has 100 valence electrons. The van der Waals surface area contributed by atoms with Crippen molar-refractivity contribution in [3.63, 3.8) is 0 Å². The summed E-state index contributed by atoms with van der Waals surface area (Å²) in [4.78, 5) is 8.25. The zero-order valence-corrected chi connectivity index (χ0v) is 10.7. The summed E-state index contributed by atoms with van der Waals surface area (Å²) < 4.78 is 3.29. The lowest BCUT2D eigenvalue weighted by Gasteiger charge is -2.09. The molecule has 0 aromatic carbocycles. The highest BCUT2D eigenvalue weighted by atomic mass is 15.3. The largest absolute Gasteiger partial charge is 0.378 e. The Morgan fingerprint density at radius 1 is 1.35 bits per heavy atom. The first kappa shape index (κ1) is 12.1. The van der Waals surface area contributed by atoms with E-state index in [-0.39, 0.29) is 0 Å². The van der Waals surface area contributed by atoms with Crippen molar-refractivity contribution in [3.05, 3.63) is 55.5 Å². The highest BCUT2D eigenvalue weighted by Crippen LogP contribution is 2.16. The first-order chi connectivity index (χ1) is 9.86. The van der Waals surface area contributed by atoms with E-state index in [9.17, 15) is 0 Å². The van der Waals surface area contributed by atoms with Crippen molar-refractivity contribution >= 4 is 11.9 Å². The van der Waals surface area contributed by atoms with Crippen molar-refractivity contribution in [1.82, 2.24) is 29.5 Å². The van der Waals surface area contributed by atoms with E-state index >= 15 is 0 Å². The van der Waals surface area contributed by atoms with E-state index in [1.807, 2.05) is 18.3 Å². The van der Waals surface area contributed by atoms with Crippen molar-refractivity contribution < 1.29 is 0 Å². The van der Waals surface area contributed by atoms with Gasteiger partial charge >= 0.3 is 0 Å². The van der Waals surface area contributed by atoms with Gasteiger partial charge in [0.2, 0.25) is 0 Å². The summed E-state index contributed by atoms with van der Waals surface area (Å²) in [5, 5.41) is 11.5. The van der Waals surface area contributed by atoms with Crippen LogP contribution in [0.3, 0.4) is 0 Å². The standard InChI is InChI=1S/C13H13N7/c1-2-19-8-11(7-17-19)6-16-12-4-3-5-15-13(12)20-10-14-9-18-20/h2-5,7-10,16H,1,6H2. The topological polar surface area (TPSA) is 73.5 Å². The van der Waals surface area contributed by atoms with Gasteiger partial charge in [-0.3, -0.25) is 0 Å². The van der Waals surface area contributed by atoms with E-state index in [0.717, 1.165) is 11.3 Å². The van der Waals surface area contributed by atoms with Crippen LogP contribution < -0.4 is 5.32 Å². The molecule has 0 radical (unpaired) electrons. The van der Waals surface area contributed by atoms with Gasteiger partial charge in [0, 0.05) is 30.7 Å². The molecule has 0 saturated carbocycles. The lowest BCUT2D eigenvalue weighted by atomic mass is 10.3. The third kappa shape index (κ3) is 2.41. The molecule has 1 N–H and O–H groups in total. The van der Waals surface area contributed by atoms with Crippen LogP contribution in [0.15, 0.2) is 50.0 Å². The summed E-state index contributed by atoms with van der Waals surface area (Å²) in [7, 11) is 0. The maximum Gasteiger partial charge on any atom is 0.178 e. The Kier molecular flexibility index (Phi) is 3.24. The summed E-state index contributed by atoms with van der Waals surface area (Å²) in [6.45, 7) is 4.30. The number of aromatic nitrogens is 6. The molecule has 0 amide bonds. The summed E-state index contributed by atoms with van der Waals surface area (Å²) in [6, 6.07) is 3.82. The van der Waals surface area contributed by atoms with Gasteiger partial charge in [0.15, 0.2) is 5.82 Å². The van der Waals surface area contributed by atoms with Crippen LogP contribution in [0.5, 0.6) is 0 Å². The quantitative estimate of drug-likeness (QED) is 0.759. The molecule has 0 bridgehead atoms. The zero-order chi connectivity index (χ0) is 13.8. The third-order valence-corrected chi connectivity index (χ3v) is 2.75. The predicted molar refractivity (Wildman–Crippen MR) is 75.1 cm³/mol. The molecule has 20 heavy (non-hydrogen) atoms. The van der Waals surface area contributed by atoms with E-state index in [1.165, 1.54) is 6.33 Å². The van der Waals surface area contributed by atoms with Crippen molar-refractivity contribution in [3.8, 4) is 5.82 Å². The lowest BCUT2D eigenvalue weighted by Crippen LogP contribution is -2.06. The van der Waals surface area contributed by atoms with Gasteiger partial charge in [-0.25, -0.2) is 19.3 Å². The van der Waals surface area contributed by atoms with Gasteiger partial charge in [0.05, 0.1) is 11.9 Å². The number of nitrogens with one attached hydrogen (secondary N) is 1. The third-order valence-electron chi connectivity index (χ3n) is 2.75. The Morgan fingerprint density at radius 3 is 3.05 bits per heavy atom. The van der Waals surface area contributed by atoms with Gasteiger partial charge < -0.3 is 5.32 Å². The summed E-state index contributed by atoms with van der Waals surface area (Å²) in [6.07, 6.45) is 10.2. The number of anilines is 1. The van der Waals surface area contributed by atoms with Crippen LogP contribution in [0.1, 0.15) is 5.56 Å². The highest BCUT2D eigenvalue weighted by Gasteiger charge is 2.06. The fourth-order valence-corrected chi connectivity index (χ4v) is 1.80. The highest BCUT2D eigenvalue weighted by molar-refractivity contribution is 5.56. The van der Waals surface area contributed by atoms with Gasteiger partial charge in [-0.05, 0) is 12.1 Å². The van der Waals surface area contributed by atoms with Crippen LogP contribution in [-0.4, -0.2) is 29.5 Å². The smallest absolute Gasteiger partial charge is 0.178 e. The van der Waals surface area contributed by atoms with E-state index in [1.54, 1.807) is 34.3 Å². The number of hydrogen-bond donors (Lipinski definition) is 1. The molecule has 3 aromatic heterocycles. The Morgan fingerprint density at radius 2 is 2.30 bits per heavy atom. The minimum atomic E-state index is 0.640. The second-order valence-corrected chi connectivity index (χ2v) is 4.08. The molecule has 0 aliphatic carbocycles. The molecule has 3 heterocycles. The van der Waals surface area contributed by atoms with Crippen LogP contribution in [0.2, 0.25) is 0 Å². The molecule has 0 aliphatic rings. The number of hydrogen-bond acceptors (Lipinski definition) is 5. The summed E-state index contributed by atoms with van der Waals surface area (Å²) in [5.74, 6) is 0.709. The molecule has 3 aromatic rings. The number of nitrogens with zero attached hydrogens (tertiary/aromatic N) is 6. The maximum absolute atomic E-state index is 4.32. The van der Waals surface area contributed by atoms with Crippen molar-refractivity contribution in [1.29, 1.82) is 0 Å². The average molecular weight is 267 g/mol. The second-order valence-electron chi connectivity index (χ2n) is 4.08. The van der Waals surface area contributed by atoms with Crippen molar-refractivity contribution in [2.75, 3.05) is 5.32 Å². The Balaban J connectivity index is 1.79. The lowest BCUT2D eigenvalue weighted by molar-refractivity contribution is 0.844. The molecule has 3 rings (SSSR count). The van der Waals surface area contributed by atoms with Gasteiger partial charge in [-0.1, -0.05) is 6.58 Å². The molecule has 0 unspecified atom stereocenters. The van der Waals surface area contributed by atoms with Crippen LogP contribution in [0, 0.1) is 0 Å². The summed E-state index contributed by atoms with van der Waals surface area (Å²) in [5.41, 5.74) is 1.93. The monoisotopic (exact) mass is 267 g/mol. The fraction of sp³-hybridized carbons (Fsp3) is 0.0769. The zero-order valence-electron chi connectivity index (χ0n) is 10.7. The molecular weight excluding hydrogens is 254 g/mol. The van der Waals surface area contributed by atoms with Gasteiger partial charge in [0.1, 0.15) is 12.7 Å². The second kappa shape index (κ2) is 5.35. The first-order valence-corrected chi connectivity index (χ1v) is 6.06. The van der Waals surface area contributed by atoms with Crippen LogP contribution in [0.25, 0.3) is 12.0 Å². The number of pyridine rings is 1. The van der Waals surface area contributed by atoms with Gasteiger partial charge in [0.25, 0.3) is 0 Å². The van der Waals surface area contributed by atoms with Gasteiger partial charge in [-0.15, -0.1) is 0 Å². The number of rotatable bonds is 5. The molecule has 0 atom stereocenters. The molecule has 7 nitrogen and oxygen atoms in total. The molecule has 0 aliphatic heterocycles. The van der Waals surface area contributed by atoms with Crippen molar-refractivity contribution in [2.45, 2.75) is 6.54 Å². The Hall–Kier alpha value is -2.96. The molecule has 7 heteroatoms. The Labute approximate surface area is 115 Å². The van der Waals surface area contributed by atoms with Crippen LogP contribution >= 0.6 is 0 Å². The van der Waals surface area contributed by atoms with E-state index in [4.69, 9.17) is 0 Å². The van der Waals surface area contributed by atoms with Crippen LogP contribution in [-0.2, 0) is 6.54 Å². The molecule has 0 saturated heterocycles. The van der Waals surface area contributed by atoms with E-state index in [0.29, 0.717) is 12.4 Å². The summed E-state index contributed by atoms with van der Waals surface area (Å²) >= 11 is 0. The minimum Gasteiger partial charge on any atom is -0.378 e. The van der Waals surface area contributed by atoms with Crippen LogP contribution in [0.4, 0.5) is 5.69 Å². The fourth-order valence-electron chi connectivity index (χ4n) is 1.80. The first-order valence-electron chi connectivity index (χ1n) is 6.06. The molecule has 0 spiro atoms. The molecular formula is C13H13N7.